The Labute approximate surface area is 141 Å². The lowest BCUT2D eigenvalue weighted by atomic mass is 10.1. The molecule has 2 rings (SSSR count). The minimum absolute atomic E-state index is 0.203. The van der Waals surface area contributed by atoms with Crippen LogP contribution in [0.2, 0.25) is 0 Å². The molecule has 5 nitrogen and oxygen atoms in total. The molecule has 5 heteroatoms. The van der Waals surface area contributed by atoms with Crippen molar-refractivity contribution < 1.29 is 19.7 Å². The highest BCUT2D eigenvalue weighted by Crippen LogP contribution is 2.14. The van der Waals surface area contributed by atoms with Gasteiger partial charge >= 0.3 is 5.97 Å². The zero-order valence-electron chi connectivity index (χ0n) is 13.7. The first-order chi connectivity index (χ1) is 11.5. The molecule has 0 aliphatic carbocycles. The van der Waals surface area contributed by atoms with Gasteiger partial charge in [0, 0.05) is 12.6 Å². The van der Waals surface area contributed by atoms with E-state index >= 15 is 0 Å². The second-order valence-electron chi connectivity index (χ2n) is 5.77. The third-order valence-electron chi connectivity index (χ3n) is 3.67. The summed E-state index contributed by atoms with van der Waals surface area (Å²) >= 11 is 0. The number of carboxylic acids is 1. The largest absolute Gasteiger partial charge is 0.482 e. The van der Waals surface area contributed by atoms with Gasteiger partial charge in [-0.2, -0.15) is 0 Å². The fourth-order valence-electron chi connectivity index (χ4n) is 2.40. The zero-order valence-corrected chi connectivity index (χ0v) is 13.7. The van der Waals surface area contributed by atoms with Gasteiger partial charge in [0.05, 0.1) is 6.10 Å². The van der Waals surface area contributed by atoms with Crippen LogP contribution in [0.15, 0.2) is 54.6 Å². The summed E-state index contributed by atoms with van der Waals surface area (Å²) in [5.41, 5.74) is 2.02. The molecule has 0 aliphatic rings. The van der Waals surface area contributed by atoms with E-state index in [-0.39, 0.29) is 12.6 Å². The van der Waals surface area contributed by atoms with Crippen LogP contribution in [-0.4, -0.2) is 35.4 Å². The number of aliphatic carboxylic acids is 1. The van der Waals surface area contributed by atoms with Gasteiger partial charge in [-0.05, 0) is 36.6 Å². The van der Waals surface area contributed by atoms with Crippen molar-refractivity contribution in [2.24, 2.45) is 0 Å². The van der Waals surface area contributed by atoms with Crippen LogP contribution in [0, 0.1) is 0 Å². The molecule has 0 spiro atoms. The highest BCUT2D eigenvalue weighted by Gasteiger charge is 2.09. The van der Waals surface area contributed by atoms with E-state index < -0.39 is 12.1 Å². The molecule has 2 atom stereocenters. The number of nitrogens with one attached hydrogen (secondary N) is 1. The van der Waals surface area contributed by atoms with Gasteiger partial charge in [-0.3, -0.25) is 0 Å². The Kier molecular flexibility index (Phi) is 6.78. The van der Waals surface area contributed by atoms with Gasteiger partial charge in [0.25, 0.3) is 0 Å². The van der Waals surface area contributed by atoms with E-state index in [1.807, 2.05) is 42.5 Å². The molecule has 0 bridgehead atoms. The van der Waals surface area contributed by atoms with Gasteiger partial charge in [0.1, 0.15) is 5.75 Å². The van der Waals surface area contributed by atoms with Crippen molar-refractivity contribution in [3.05, 3.63) is 65.7 Å². The Hall–Kier alpha value is -2.37. The Morgan fingerprint density at radius 3 is 2.42 bits per heavy atom. The van der Waals surface area contributed by atoms with E-state index in [4.69, 9.17) is 9.84 Å². The summed E-state index contributed by atoms with van der Waals surface area (Å²) in [4.78, 5) is 10.5. The van der Waals surface area contributed by atoms with Crippen molar-refractivity contribution in [1.82, 2.24) is 5.32 Å². The number of ether oxygens (including phenoxy) is 1. The van der Waals surface area contributed by atoms with Crippen molar-refractivity contribution in [2.75, 3.05) is 13.2 Å². The standard InChI is InChI=1S/C19H23NO4/c1-14(20-12-18(21)16-5-3-2-4-6-16)11-15-7-9-17(10-8-15)24-13-19(22)23/h2-10,14,18,20-21H,11-13H2,1H3,(H,22,23). The normalized spacial score (nSPS) is 13.2. The van der Waals surface area contributed by atoms with Crippen molar-refractivity contribution in [3.8, 4) is 5.75 Å². The van der Waals surface area contributed by atoms with Gasteiger partial charge in [0.2, 0.25) is 0 Å². The van der Waals surface area contributed by atoms with E-state index in [2.05, 4.69) is 12.2 Å². The molecular formula is C19H23NO4. The van der Waals surface area contributed by atoms with Crippen LogP contribution in [0.25, 0.3) is 0 Å². The minimum Gasteiger partial charge on any atom is -0.482 e. The lowest BCUT2D eigenvalue weighted by Gasteiger charge is -2.17. The maximum absolute atomic E-state index is 10.5. The maximum atomic E-state index is 10.5. The van der Waals surface area contributed by atoms with E-state index in [9.17, 15) is 9.90 Å². The lowest BCUT2D eigenvalue weighted by molar-refractivity contribution is -0.139. The molecule has 2 aromatic carbocycles. The molecule has 3 N–H and O–H groups in total. The fraction of sp³-hybridized carbons (Fsp3) is 0.316. The van der Waals surface area contributed by atoms with Crippen molar-refractivity contribution in [1.29, 1.82) is 0 Å². The van der Waals surface area contributed by atoms with Crippen LogP contribution in [0.4, 0.5) is 0 Å². The molecule has 0 saturated heterocycles. The molecular weight excluding hydrogens is 306 g/mol. The first kappa shape index (κ1) is 18.0. The maximum Gasteiger partial charge on any atom is 0.341 e. The third-order valence-corrected chi connectivity index (χ3v) is 3.67. The first-order valence-electron chi connectivity index (χ1n) is 7.94. The summed E-state index contributed by atoms with van der Waals surface area (Å²) in [6.07, 6.45) is 0.279. The van der Waals surface area contributed by atoms with Crippen molar-refractivity contribution in [3.63, 3.8) is 0 Å². The summed E-state index contributed by atoms with van der Waals surface area (Å²) < 4.78 is 5.11. The average molecular weight is 329 g/mol. The SMILES string of the molecule is CC(Cc1ccc(OCC(=O)O)cc1)NCC(O)c1ccccc1. The monoisotopic (exact) mass is 329 g/mol. The molecule has 0 heterocycles. The Morgan fingerprint density at radius 1 is 1.12 bits per heavy atom. The van der Waals surface area contributed by atoms with Gasteiger partial charge in [-0.15, -0.1) is 0 Å². The summed E-state index contributed by atoms with van der Waals surface area (Å²) in [6.45, 7) is 2.21. The summed E-state index contributed by atoms with van der Waals surface area (Å²) in [5, 5.41) is 22.1. The molecule has 0 fully saturated rings. The van der Waals surface area contributed by atoms with Crippen molar-refractivity contribution >= 4 is 5.97 Å². The second kappa shape index (κ2) is 9.05. The third kappa shape index (κ3) is 6.02. The number of aliphatic hydroxyl groups is 1. The Bertz CT molecular complexity index is 628. The van der Waals surface area contributed by atoms with Crippen LogP contribution in [-0.2, 0) is 11.2 Å². The molecule has 0 aromatic heterocycles. The van der Waals surface area contributed by atoms with Crippen LogP contribution >= 0.6 is 0 Å². The van der Waals surface area contributed by atoms with Gasteiger partial charge < -0.3 is 20.3 Å². The topological polar surface area (TPSA) is 78.8 Å². The van der Waals surface area contributed by atoms with Crippen LogP contribution in [0.1, 0.15) is 24.2 Å². The Morgan fingerprint density at radius 2 is 1.79 bits per heavy atom. The number of rotatable bonds is 9. The smallest absolute Gasteiger partial charge is 0.341 e. The number of hydrogen-bond acceptors (Lipinski definition) is 4. The van der Waals surface area contributed by atoms with Gasteiger partial charge in [0.15, 0.2) is 6.61 Å². The molecule has 0 radical (unpaired) electrons. The summed E-state index contributed by atoms with van der Waals surface area (Å²) in [6, 6.07) is 17.1. The van der Waals surface area contributed by atoms with Crippen LogP contribution < -0.4 is 10.1 Å². The predicted octanol–water partition coefficient (Wildman–Crippen LogP) is 2.40. The highest BCUT2D eigenvalue weighted by atomic mass is 16.5. The molecule has 2 unspecified atom stereocenters. The van der Waals surface area contributed by atoms with Gasteiger partial charge in [-0.1, -0.05) is 42.5 Å². The van der Waals surface area contributed by atoms with E-state index in [1.165, 1.54) is 0 Å². The second-order valence-corrected chi connectivity index (χ2v) is 5.77. The fourth-order valence-corrected chi connectivity index (χ4v) is 2.40. The molecule has 128 valence electrons. The number of hydrogen-bond donors (Lipinski definition) is 3. The Balaban J connectivity index is 1.77. The number of benzene rings is 2. The molecule has 24 heavy (non-hydrogen) atoms. The zero-order chi connectivity index (χ0) is 17.4. The predicted molar refractivity (Wildman–Crippen MR) is 92.1 cm³/mol. The highest BCUT2D eigenvalue weighted by molar-refractivity contribution is 5.68. The quantitative estimate of drug-likeness (QED) is 0.658. The lowest BCUT2D eigenvalue weighted by Crippen LogP contribution is -2.32. The summed E-state index contributed by atoms with van der Waals surface area (Å²) in [7, 11) is 0. The van der Waals surface area contributed by atoms with Gasteiger partial charge in [-0.25, -0.2) is 4.79 Å². The number of carboxylic acid groups (broad SMARTS) is 1. The van der Waals surface area contributed by atoms with Crippen LogP contribution in [0.3, 0.4) is 0 Å². The number of carbonyl (C=O) groups is 1. The molecule has 0 saturated carbocycles. The van der Waals surface area contributed by atoms with Crippen LogP contribution in [0.5, 0.6) is 5.75 Å². The van der Waals surface area contributed by atoms with E-state index in [1.54, 1.807) is 12.1 Å². The average Bonchev–Trinajstić information content (AvgIpc) is 2.60. The number of aliphatic hydroxyl groups excluding tert-OH is 1. The van der Waals surface area contributed by atoms with E-state index in [0.717, 1.165) is 17.5 Å². The molecule has 0 amide bonds. The minimum atomic E-state index is -0.992. The molecule has 2 aromatic rings. The van der Waals surface area contributed by atoms with Crippen molar-refractivity contribution in [2.45, 2.75) is 25.5 Å². The summed E-state index contributed by atoms with van der Waals surface area (Å²) in [5.74, 6) is -0.449. The molecule has 0 aliphatic heterocycles. The van der Waals surface area contributed by atoms with E-state index in [0.29, 0.717) is 12.3 Å². The first-order valence-corrected chi connectivity index (χ1v) is 7.94.